The van der Waals surface area contributed by atoms with Gasteiger partial charge in [-0.1, -0.05) is 19.1 Å². The fourth-order valence-electron chi connectivity index (χ4n) is 3.74. The summed E-state index contributed by atoms with van der Waals surface area (Å²) in [5, 5.41) is 11.1. The number of amides is 1. The number of carbonyl (C=O) groups is 2. The molecule has 1 fully saturated rings. The smallest absolute Gasteiger partial charge is 0.295 e. The predicted octanol–water partition coefficient (Wildman–Crippen LogP) is 3.94. The molecule has 1 amide bonds. The highest BCUT2D eigenvalue weighted by Gasteiger charge is 2.45. The van der Waals surface area contributed by atoms with Crippen molar-refractivity contribution in [2.45, 2.75) is 25.8 Å². The van der Waals surface area contributed by atoms with Crippen molar-refractivity contribution in [2.24, 2.45) is 0 Å². The Morgan fingerprint density at radius 3 is 2.44 bits per heavy atom. The number of carbonyl (C=O) groups excluding carboxylic acids is 2. The summed E-state index contributed by atoms with van der Waals surface area (Å²) < 4.78 is 16.0. The van der Waals surface area contributed by atoms with Crippen LogP contribution in [0, 0.1) is 0 Å². The zero-order chi connectivity index (χ0) is 23.1. The highest BCUT2D eigenvalue weighted by atomic mass is 16.5. The number of methoxy groups -OCH3 is 2. The van der Waals surface area contributed by atoms with Crippen LogP contribution >= 0.6 is 0 Å². The van der Waals surface area contributed by atoms with Crippen LogP contribution in [0.3, 0.4) is 0 Å². The summed E-state index contributed by atoms with van der Waals surface area (Å²) in [4.78, 5) is 27.5. The number of aliphatic hydroxyl groups is 1. The van der Waals surface area contributed by atoms with Crippen molar-refractivity contribution in [1.82, 2.24) is 4.90 Å². The minimum absolute atomic E-state index is 0.0604. The van der Waals surface area contributed by atoms with E-state index in [9.17, 15) is 14.7 Å². The third kappa shape index (κ3) is 4.94. The van der Waals surface area contributed by atoms with Crippen molar-refractivity contribution in [1.29, 1.82) is 0 Å². The SMILES string of the molecule is CCCOc1cccc(C2C(=C(O)c3ccc(OC)cc3)C(=O)C(=O)N2CCCOC)c1. The van der Waals surface area contributed by atoms with Crippen molar-refractivity contribution in [2.75, 3.05) is 34.0 Å². The molecule has 3 rings (SSSR count). The average Bonchev–Trinajstić information content (AvgIpc) is 3.07. The van der Waals surface area contributed by atoms with Crippen LogP contribution in [-0.2, 0) is 14.3 Å². The van der Waals surface area contributed by atoms with Gasteiger partial charge < -0.3 is 24.2 Å². The molecule has 2 aromatic carbocycles. The molecule has 1 heterocycles. The van der Waals surface area contributed by atoms with E-state index in [0.29, 0.717) is 48.8 Å². The number of aliphatic hydroxyl groups excluding tert-OH is 1. The molecule has 7 heteroatoms. The number of Topliss-reactive ketones (excluding diaryl/α,β-unsaturated/α-hetero) is 1. The van der Waals surface area contributed by atoms with Gasteiger partial charge >= 0.3 is 0 Å². The van der Waals surface area contributed by atoms with E-state index in [4.69, 9.17) is 14.2 Å². The lowest BCUT2D eigenvalue weighted by Gasteiger charge is -2.25. The molecule has 1 saturated heterocycles. The van der Waals surface area contributed by atoms with Gasteiger partial charge in [-0.3, -0.25) is 9.59 Å². The Morgan fingerprint density at radius 1 is 1.03 bits per heavy atom. The molecule has 1 atom stereocenters. The summed E-state index contributed by atoms with van der Waals surface area (Å²) in [6, 6.07) is 13.3. The third-order valence-corrected chi connectivity index (χ3v) is 5.30. The van der Waals surface area contributed by atoms with Gasteiger partial charge in [0, 0.05) is 25.8 Å². The highest BCUT2D eigenvalue weighted by Crippen LogP contribution is 2.40. The lowest BCUT2D eigenvalue weighted by molar-refractivity contribution is -0.140. The van der Waals surface area contributed by atoms with Gasteiger partial charge in [0.2, 0.25) is 0 Å². The molecular weight excluding hydrogens is 410 g/mol. The van der Waals surface area contributed by atoms with Crippen LogP contribution in [0.1, 0.15) is 36.9 Å². The number of hydrogen-bond acceptors (Lipinski definition) is 6. The molecule has 1 aliphatic heterocycles. The largest absolute Gasteiger partial charge is 0.507 e. The molecule has 2 aromatic rings. The standard InChI is InChI=1S/C25H29NO6/c1-4-14-32-20-8-5-7-18(16-20)22-21(23(27)17-9-11-19(31-3)12-10-17)24(28)25(29)26(22)13-6-15-30-2/h5,7-12,16,22,27H,4,6,13-15H2,1-3H3. The molecule has 0 aliphatic carbocycles. The highest BCUT2D eigenvalue weighted by molar-refractivity contribution is 6.46. The predicted molar refractivity (Wildman–Crippen MR) is 121 cm³/mol. The lowest BCUT2D eigenvalue weighted by Crippen LogP contribution is -2.31. The van der Waals surface area contributed by atoms with Crippen LogP contribution < -0.4 is 9.47 Å². The van der Waals surface area contributed by atoms with Crippen LogP contribution in [0.5, 0.6) is 11.5 Å². The molecular formula is C25H29NO6. The minimum atomic E-state index is -0.723. The molecule has 0 spiro atoms. The van der Waals surface area contributed by atoms with Crippen molar-refractivity contribution in [3.63, 3.8) is 0 Å². The average molecular weight is 440 g/mol. The fourth-order valence-corrected chi connectivity index (χ4v) is 3.74. The van der Waals surface area contributed by atoms with Gasteiger partial charge in [-0.15, -0.1) is 0 Å². The Kier molecular flexibility index (Phi) is 7.89. The number of ether oxygens (including phenoxy) is 3. The van der Waals surface area contributed by atoms with E-state index in [1.807, 2.05) is 31.2 Å². The van der Waals surface area contributed by atoms with E-state index < -0.39 is 17.7 Å². The van der Waals surface area contributed by atoms with Gasteiger partial charge in [-0.05, 0) is 54.8 Å². The summed E-state index contributed by atoms with van der Waals surface area (Å²) >= 11 is 0. The number of hydrogen-bond donors (Lipinski definition) is 1. The van der Waals surface area contributed by atoms with Gasteiger partial charge in [-0.25, -0.2) is 0 Å². The quantitative estimate of drug-likeness (QED) is 0.261. The van der Waals surface area contributed by atoms with Crippen LogP contribution in [0.25, 0.3) is 5.76 Å². The molecule has 32 heavy (non-hydrogen) atoms. The van der Waals surface area contributed by atoms with Crippen molar-refractivity contribution in [3.05, 3.63) is 65.2 Å². The Labute approximate surface area is 188 Å². The number of rotatable bonds is 10. The van der Waals surface area contributed by atoms with E-state index >= 15 is 0 Å². The maximum atomic E-state index is 13.0. The molecule has 170 valence electrons. The zero-order valence-corrected chi connectivity index (χ0v) is 18.7. The van der Waals surface area contributed by atoms with Gasteiger partial charge in [0.15, 0.2) is 0 Å². The van der Waals surface area contributed by atoms with Crippen molar-refractivity contribution in [3.8, 4) is 11.5 Å². The van der Waals surface area contributed by atoms with Crippen molar-refractivity contribution < 1.29 is 28.9 Å². The van der Waals surface area contributed by atoms with Gasteiger partial charge in [-0.2, -0.15) is 0 Å². The number of nitrogens with zero attached hydrogens (tertiary/aromatic N) is 1. The third-order valence-electron chi connectivity index (χ3n) is 5.30. The first-order chi connectivity index (χ1) is 15.5. The second-order valence-corrected chi connectivity index (χ2v) is 7.49. The second-order valence-electron chi connectivity index (χ2n) is 7.49. The first-order valence-electron chi connectivity index (χ1n) is 10.7. The Balaban J connectivity index is 2.08. The van der Waals surface area contributed by atoms with Gasteiger partial charge in [0.1, 0.15) is 17.3 Å². The summed E-state index contributed by atoms with van der Waals surface area (Å²) in [6.45, 7) is 3.35. The van der Waals surface area contributed by atoms with E-state index in [-0.39, 0.29) is 11.3 Å². The number of benzene rings is 2. The van der Waals surface area contributed by atoms with Gasteiger partial charge in [0.25, 0.3) is 11.7 Å². The summed E-state index contributed by atoms with van der Waals surface area (Å²) in [6.07, 6.45) is 1.42. The molecule has 0 bridgehead atoms. The van der Waals surface area contributed by atoms with E-state index in [2.05, 4.69) is 0 Å². The molecule has 7 nitrogen and oxygen atoms in total. The normalized spacial score (nSPS) is 17.6. The maximum absolute atomic E-state index is 13.0. The van der Waals surface area contributed by atoms with Crippen LogP contribution in [0.2, 0.25) is 0 Å². The van der Waals surface area contributed by atoms with E-state index in [1.54, 1.807) is 38.5 Å². The minimum Gasteiger partial charge on any atom is -0.507 e. The monoisotopic (exact) mass is 439 g/mol. The molecule has 0 radical (unpaired) electrons. The first-order valence-corrected chi connectivity index (χ1v) is 10.7. The zero-order valence-electron chi connectivity index (χ0n) is 18.7. The van der Waals surface area contributed by atoms with Crippen LogP contribution in [-0.4, -0.2) is 55.7 Å². The molecule has 1 aliphatic rings. The van der Waals surface area contributed by atoms with E-state index in [0.717, 1.165) is 6.42 Å². The van der Waals surface area contributed by atoms with Crippen LogP contribution in [0.15, 0.2) is 54.1 Å². The number of likely N-dealkylation sites (tertiary alicyclic amines) is 1. The maximum Gasteiger partial charge on any atom is 0.295 e. The number of ketones is 1. The summed E-state index contributed by atoms with van der Waals surface area (Å²) in [5.74, 6) is -0.290. The topological polar surface area (TPSA) is 85.3 Å². The van der Waals surface area contributed by atoms with Crippen molar-refractivity contribution >= 4 is 17.4 Å². The Morgan fingerprint density at radius 2 is 1.78 bits per heavy atom. The molecule has 0 saturated carbocycles. The summed E-state index contributed by atoms with van der Waals surface area (Å²) in [7, 11) is 3.14. The molecule has 1 N–H and O–H groups in total. The van der Waals surface area contributed by atoms with Gasteiger partial charge in [0.05, 0.1) is 25.3 Å². The Bertz CT molecular complexity index is 982. The second kappa shape index (κ2) is 10.8. The molecule has 1 unspecified atom stereocenters. The lowest BCUT2D eigenvalue weighted by atomic mass is 9.95. The fraction of sp³-hybridized carbons (Fsp3) is 0.360. The molecule has 0 aromatic heterocycles. The van der Waals surface area contributed by atoms with Crippen LogP contribution in [0.4, 0.5) is 0 Å². The Hall–Kier alpha value is -3.32. The summed E-state index contributed by atoms with van der Waals surface area (Å²) in [5.41, 5.74) is 1.19. The van der Waals surface area contributed by atoms with E-state index in [1.165, 1.54) is 4.90 Å². The first kappa shape index (κ1) is 23.3.